The molecular formula is C17H28FIN4. The van der Waals surface area contributed by atoms with Crippen molar-refractivity contribution in [3.63, 3.8) is 0 Å². The number of nitrogens with one attached hydrogen (secondary N) is 2. The van der Waals surface area contributed by atoms with Gasteiger partial charge in [-0.3, -0.25) is 4.99 Å². The highest BCUT2D eigenvalue weighted by Crippen LogP contribution is 2.47. The molecule has 0 aromatic heterocycles. The number of benzene rings is 1. The van der Waals surface area contributed by atoms with Gasteiger partial charge in [0.2, 0.25) is 0 Å². The van der Waals surface area contributed by atoms with Crippen molar-refractivity contribution in [3.05, 3.63) is 35.6 Å². The lowest BCUT2D eigenvalue weighted by atomic mass is 9.96. The van der Waals surface area contributed by atoms with Crippen molar-refractivity contribution >= 4 is 29.9 Å². The normalized spacial score (nSPS) is 16.0. The molecule has 1 fully saturated rings. The third-order valence-corrected chi connectivity index (χ3v) is 4.18. The number of hydrogen-bond acceptors (Lipinski definition) is 2. The zero-order chi connectivity index (χ0) is 16.0. The smallest absolute Gasteiger partial charge is 0.191 e. The van der Waals surface area contributed by atoms with Gasteiger partial charge in [0, 0.05) is 25.6 Å². The average molecular weight is 434 g/mol. The molecule has 0 heterocycles. The van der Waals surface area contributed by atoms with E-state index in [-0.39, 0.29) is 35.2 Å². The Morgan fingerprint density at radius 1 is 1.30 bits per heavy atom. The minimum Gasteiger partial charge on any atom is -0.356 e. The lowest BCUT2D eigenvalue weighted by Crippen LogP contribution is -2.42. The number of rotatable bonds is 7. The topological polar surface area (TPSA) is 39.7 Å². The monoisotopic (exact) mass is 434 g/mol. The minimum absolute atomic E-state index is 0. The van der Waals surface area contributed by atoms with Crippen LogP contribution in [0.25, 0.3) is 0 Å². The van der Waals surface area contributed by atoms with E-state index in [1.165, 1.54) is 6.07 Å². The van der Waals surface area contributed by atoms with Gasteiger partial charge in [-0.05, 0) is 57.6 Å². The largest absolute Gasteiger partial charge is 0.356 e. The predicted octanol–water partition coefficient (Wildman–Crippen LogP) is 2.59. The van der Waals surface area contributed by atoms with Crippen LogP contribution < -0.4 is 10.6 Å². The number of nitrogens with zero attached hydrogens (tertiary/aromatic N) is 2. The van der Waals surface area contributed by atoms with Crippen LogP contribution in [0.5, 0.6) is 0 Å². The van der Waals surface area contributed by atoms with Crippen LogP contribution in [-0.4, -0.2) is 51.6 Å². The van der Waals surface area contributed by atoms with Crippen molar-refractivity contribution in [3.8, 4) is 0 Å². The first-order valence-corrected chi connectivity index (χ1v) is 7.91. The zero-order valence-electron chi connectivity index (χ0n) is 14.2. The van der Waals surface area contributed by atoms with E-state index in [0.29, 0.717) is 0 Å². The van der Waals surface area contributed by atoms with Gasteiger partial charge in [0.1, 0.15) is 5.82 Å². The van der Waals surface area contributed by atoms with Crippen LogP contribution in [0.4, 0.5) is 4.39 Å². The van der Waals surface area contributed by atoms with Gasteiger partial charge >= 0.3 is 0 Å². The van der Waals surface area contributed by atoms with Gasteiger partial charge in [-0.2, -0.15) is 0 Å². The fourth-order valence-corrected chi connectivity index (χ4v) is 2.61. The van der Waals surface area contributed by atoms with E-state index in [9.17, 15) is 4.39 Å². The van der Waals surface area contributed by atoms with Crippen molar-refractivity contribution < 1.29 is 4.39 Å². The second kappa shape index (κ2) is 9.42. The van der Waals surface area contributed by atoms with Crippen LogP contribution in [0.2, 0.25) is 0 Å². The summed E-state index contributed by atoms with van der Waals surface area (Å²) in [6.07, 6.45) is 3.27. The molecule has 6 heteroatoms. The van der Waals surface area contributed by atoms with Crippen LogP contribution in [-0.2, 0) is 5.41 Å². The molecule has 0 amide bonds. The van der Waals surface area contributed by atoms with E-state index in [2.05, 4.69) is 34.6 Å². The Balaban J connectivity index is 0.00000264. The van der Waals surface area contributed by atoms with E-state index in [1.54, 1.807) is 19.2 Å². The molecule has 0 spiro atoms. The third-order valence-electron chi connectivity index (χ3n) is 4.18. The SMILES string of the molecule is CN=C(NCCCN(C)C)NCC1(c2cccc(F)c2)CC1.I. The molecule has 4 nitrogen and oxygen atoms in total. The Bertz CT molecular complexity index is 515. The Morgan fingerprint density at radius 3 is 2.61 bits per heavy atom. The maximum Gasteiger partial charge on any atom is 0.191 e. The predicted molar refractivity (Wildman–Crippen MR) is 105 cm³/mol. The van der Waals surface area contributed by atoms with Crippen LogP contribution in [0.15, 0.2) is 29.3 Å². The van der Waals surface area contributed by atoms with E-state index >= 15 is 0 Å². The number of halogens is 2. The van der Waals surface area contributed by atoms with Gasteiger partial charge in [0.25, 0.3) is 0 Å². The molecule has 23 heavy (non-hydrogen) atoms. The summed E-state index contributed by atoms with van der Waals surface area (Å²) in [7, 11) is 5.93. The average Bonchev–Trinajstić information content (AvgIpc) is 3.27. The standard InChI is InChI=1S/C17H27FN4.HI/c1-19-16(20-10-5-11-22(2)3)21-13-17(8-9-17)14-6-4-7-15(18)12-14;/h4,6-7,12H,5,8-11,13H2,1-3H3,(H2,19,20,21);1H. The number of aliphatic imine (C=N–C) groups is 1. The quantitative estimate of drug-likeness (QED) is 0.300. The van der Waals surface area contributed by atoms with E-state index in [4.69, 9.17) is 0 Å². The Labute approximate surface area is 156 Å². The van der Waals surface area contributed by atoms with Gasteiger partial charge in [0.15, 0.2) is 5.96 Å². The molecule has 1 aliphatic carbocycles. The third kappa shape index (κ3) is 6.25. The van der Waals surface area contributed by atoms with Crippen molar-refractivity contribution in [1.29, 1.82) is 0 Å². The summed E-state index contributed by atoms with van der Waals surface area (Å²) in [5.41, 5.74) is 1.16. The molecule has 130 valence electrons. The maximum absolute atomic E-state index is 13.4. The Morgan fingerprint density at radius 2 is 2.04 bits per heavy atom. The van der Waals surface area contributed by atoms with Gasteiger partial charge in [-0.15, -0.1) is 24.0 Å². The highest BCUT2D eigenvalue weighted by molar-refractivity contribution is 14.0. The van der Waals surface area contributed by atoms with Crippen LogP contribution >= 0.6 is 24.0 Å². The summed E-state index contributed by atoms with van der Waals surface area (Å²) < 4.78 is 13.4. The first-order valence-electron chi connectivity index (χ1n) is 7.91. The van der Waals surface area contributed by atoms with Crippen LogP contribution in [0.1, 0.15) is 24.8 Å². The summed E-state index contributed by atoms with van der Waals surface area (Å²) >= 11 is 0. The molecule has 0 aliphatic heterocycles. The van der Waals surface area contributed by atoms with E-state index < -0.39 is 0 Å². The summed E-state index contributed by atoms with van der Waals surface area (Å²) in [6, 6.07) is 6.96. The van der Waals surface area contributed by atoms with Crippen LogP contribution in [0.3, 0.4) is 0 Å². The number of guanidine groups is 1. The first-order chi connectivity index (χ1) is 10.6. The zero-order valence-corrected chi connectivity index (χ0v) is 16.6. The molecule has 2 rings (SSSR count). The van der Waals surface area contributed by atoms with Crippen molar-refractivity contribution in [2.24, 2.45) is 4.99 Å². The lowest BCUT2D eigenvalue weighted by molar-refractivity contribution is 0.399. The van der Waals surface area contributed by atoms with Crippen molar-refractivity contribution in [1.82, 2.24) is 15.5 Å². The molecule has 0 radical (unpaired) electrons. The molecule has 1 saturated carbocycles. The molecule has 1 aliphatic rings. The van der Waals surface area contributed by atoms with Gasteiger partial charge < -0.3 is 15.5 Å². The minimum atomic E-state index is -0.157. The van der Waals surface area contributed by atoms with Crippen molar-refractivity contribution in [2.75, 3.05) is 40.8 Å². The molecule has 1 aromatic rings. The fraction of sp³-hybridized carbons (Fsp3) is 0.588. The fourth-order valence-electron chi connectivity index (χ4n) is 2.61. The maximum atomic E-state index is 13.4. The molecule has 1 aromatic carbocycles. The van der Waals surface area contributed by atoms with Gasteiger partial charge in [0.05, 0.1) is 0 Å². The first kappa shape index (κ1) is 20.2. The highest BCUT2D eigenvalue weighted by atomic mass is 127. The highest BCUT2D eigenvalue weighted by Gasteiger charge is 2.44. The molecule has 0 atom stereocenters. The van der Waals surface area contributed by atoms with Crippen LogP contribution in [0, 0.1) is 5.82 Å². The second-order valence-corrected chi connectivity index (χ2v) is 6.30. The lowest BCUT2D eigenvalue weighted by Gasteiger charge is -2.19. The molecule has 0 bridgehead atoms. The van der Waals surface area contributed by atoms with Gasteiger partial charge in [-0.1, -0.05) is 12.1 Å². The van der Waals surface area contributed by atoms with E-state index in [1.807, 2.05) is 6.07 Å². The number of hydrogen-bond donors (Lipinski definition) is 2. The Kier molecular flexibility index (Phi) is 8.25. The molecular weight excluding hydrogens is 406 g/mol. The summed E-state index contributed by atoms with van der Waals surface area (Å²) in [4.78, 5) is 6.42. The molecule has 0 unspecified atom stereocenters. The summed E-state index contributed by atoms with van der Waals surface area (Å²) in [6.45, 7) is 2.74. The van der Waals surface area contributed by atoms with Gasteiger partial charge in [-0.25, -0.2) is 4.39 Å². The Hall–Kier alpha value is -0.890. The second-order valence-electron chi connectivity index (χ2n) is 6.30. The molecule has 0 saturated heterocycles. The van der Waals surface area contributed by atoms with E-state index in [0.717, 1.165) is 50.4 Å². The van der Waals surface area contributed by atoms with Crippen molar-refractivity contribution in [2.45, 2.75) is 24.7 Å². The summed E-state index contributed by atoms with van der Waals surface area (Å²) in [5, 5.41) is 6.71. The molecule has 2 N–H and O–H groups in total. The summed E-state index contributed by atoms with van der Waals surface area (Å²) in [5.74, 6) is 0.663.